The van der Waals surface area contributed by atoms with Gasteiger partial charge in [0.15, 0.2) is 0 Å². The number of pyridine rings is 3. The van der Waals surface area contributed by atoms with Crippen LogP contribution in [0.15, 0.2) is 73.2 Å². The molecule has 6 rings (SSSR count). The Hall–Kier alpha value is -4.96. The molecule has 53 heavy (non-hydrogen) atoms. The normalized spacial score (nSPS) is 11.8. The molecule has 9 nitrogen and oxygen atoms in total. The van der Waals surface area contributed by atoms with E-state index in [-0.39, 0.29) is 59.5 Å². The molecule has 0 saturated heterocycles. The molecule has 0 amide bonds. The van der Waals surface area contributed by atoms with Crippen molar-refractivity contribution in [3.63, 3.8) is 0 Å². The van der Waals surface area contributed by atoms with Crippen LogP contribution in [0.2, 0.25) is 0 Å². The number of alkyl halides is 6. The molecule has 6 aromatic rings. The Balaban J connectivity index is 0.000000215. The van der Waals surface area contributed by atoms with Gasteiger partial charge in [-0.1, -0.05) is 65.3 Å². The molecule has 0 aliphatic carbocycles. The SMILES string of the molecule is CC(C)(C)c1ccnc(-c2nc(C(F)(F)F)n[n-]2)c1.CC(C)(C)c1ccnc(-c2nc(C(F)(F)F)n[n-]2)c1.Fc1c[c-]c(-c2ccccn2)c(F)c1.[Ir+3]. The van der Waals surface area contributed by atoms with Crippen LogP contribution in [-0.4, -0.2) is 35.1 Å². The van der Waals surface area contributed by atoms with Crippen LogP contribution in [-0.2, 0) is 43.3 Å². The van der Waals surface area contributed by atoms with E-state index >= 15 is 0 Å². The summed E-state index contributed by atoms with van der Waals surface area (Å²) in [6.07, 6.45) is -4.58. The Morgan fingerprint density at radius 3 is 1.40 bits per heavy atom. The second-order valence-electron chi connectivity index (χ2n) is 13.0. The number of aromatic nitrogens is 9. The second-order valence-corrected chi connectivity index (χ2v) is 13.0. The quantitative estimate of drug-likeness (QED) is 0.127. The summed E-state index contributed by atoms with van der Waals surface area (Å²) in [5, 5.41) is 12.9. The zero-order chi connectivity index (χ0) is 38.5. The molecular weight excluding hydrogens is 891 g/mol. The molecule has 0 atom stereocenters. The van der Waals surface area contributed by atoms with Crippen molar-refractivity contribution in [1.29, 1.82) is 0 Å². The molecule has 0 radical (unpaired) electrons. The molecule has 0 bridgehead atoms. The summed E-state index contributed by atoms with van der Waals surface area (Å²) >= 11 is 0. The predicted octanol–water partition coefficient (Wildman–Crippen LogP) is 8.45. The molecule has 1 aromatic carbocycles. The fourth-order valence-corrected chi connectivity index (χ4v) is 4.13. The van der Waals surface area contributed by atoms with Crippen molar-refractivity contribution >= 4 is 0 Å². The molecule has 0 aliphatic heterocycles. The first-order valence-electron chi connectivity index (χ1n) is 15.2. The third kappa shape index (κ3) is 11.8. The zero-order valence-corrected chi connectivity index (χ0v) is 31.2. The molecule has 0 N–H and O–H groups in total. The summed E-state index contributed by atoms with van der Waals surface area (Å²) in [6, 6.07) is 16.5. The van der Waals surface area contributed by atoms with Crippen LogP contribution in [0.25, 0.3) is 34.3 Å². The van der Waals surface area contributed by atoms with Crippen molar-refractivity contribution < 1.29 is 55.2 Å². The van der Waals surface area contributed by atoms with E-state index < -0.39 is 35.6 Å². The van der Waals surface area contributed by atoms with E-state index in [0.717, 1.165) is 23.3 Å². The van der Waals surface area contributed by atoms with Gasteiger partial charge in [0.05, 0.1) is 11.4 Å². The van der Waals surface area contributed by atoms with E-state index in [0.29, 0.717) is 5.69 Å². The third-order valence-electron chi connectivity index (χ3n) is 6.90. The van der Waals surface area contributed by atoms with Gasteiger partial charge >= 0.3 is 32.5 Å². The minimum atomic E-state index is -4.59. The Labute approximate surface area is 312 Å². The molecule has 5 aromatic heterocycles. The number of halogens is 8. The van der Waals surface area contributed by atoms with Crippen LogP contribution in [0.5, 0.6) is 0 Å². The summed E-state index contributed by atoms with van der Waals surface area (Å²) < 4.78 is 100. The van der Waals surface area contributed by atoms with Crippen molar-refractivity contribution in [3.05, 3.63) is 114 Å². The van der Waals surface area contributed by atoms with Gasteiger partial charge in [-0.3, -0.25) is 28.9 Å². The molecule has 0 unspecified atom stereocenters. The Kier molecular flexibility index (Phi) is 13.5. The van der Waals surface area contributed by atoms with Gasteiger partial charge in [-0.25, -0.2) is 0 Å². The van der Waals surface area contributed by atoms with Gasteiger partial charge in [-0.15, -0.1) is 12.1 Å². The Morgan fingerprint density at radius 1 is 0.585 bits per heavy atom. The fourth-order valence-electron chi connectivity index (χ4n) is 4.13. The monoisotopic (exact) mass is 921 g/mol. The summed E-state index contributed by atoms with van der Waals surface area (Å²) in [5.41, 5.74) is 2.82. The van der Waals surface area contributed by atoms with E-state index in [1.807, 2.05) is 53.7 Å². The first-order chi connectivity index (χ1) is 24.1. The summed E-state index contributed by atoms with van der Waals surface area (Å²) in [6.45, 7) is 12.0. The van der Waals surface area contributed by atoms with E-state index in [1.165, 1.54) is 12.4 Å². The minimum absolute atomic E-state index is 0. The molecule has 0 saturated carbocycles. The average Bonchev–Trinajstić information content (AvgIpc) is 3.77. The van der Waals surface area contributed by atoms with Gasteiger partial charge in [-0.2, -0.15) is 26.3 Å². The van der Waals surface area contributed by atoms with E-state index in [4.69, 9.17) is 0 Å². The van der Waals surface area contributed by atoms with Gasteiger partial charge in [0.25, 0.3) is 0 Å². The standard InChI is InChI=1S/2C12H12F3N4.C11H6F2N.Ir/c2*1-11(2,3)7-4-5-16-8(6-7)9-17-10(19-18-9)12(13,14)15;12-8-4-5-9(10(13)7-8)11-3-1-2-6-14-11;/h2*4-6H,1-3H3;1-4,6-7H;/q3*-1;+3. The summed E-state index contributed by atoms with van der Waals surface area (Å²) in [4.78, 5) is 18.6. The van der Waals surface area contributed by atoms with Crippen LogP contribution in [0.4, 0.5) is 35.1 Å². The van der Waals surface area contributed by atoms with Crippen LogP contribution in [0.3, 0.4) is 0 Å². The maximum Gasteiger partial charge on any atom is 3.00 e. The predicted molar refractivity (Wildman–Crippen MR) is 173 cm³/mol. The first-order valence-corrected chi connectivity index (χ1v) is 15.2. The van der Waals surface area contributed by atoms with Crippen molar-refractivity contribution in [2.24, 2.45) is 0 Å². The van der Waals surface area contributed by atoms with Gasteiger partial charge in [-0.05, 0) is 69.6 Å². The first kappa shape index (κ1) is 42.5. The largest absolute Gasteiger partial charge is 3.00 e. The Morgan fingerprint density at radius 2 is 1.04 bits per heavy atom. The molecule has 18 heteroatoms. The van der Waals surface area contributed by atoms with Gasteiger partial charge in [0, 0.05) is 30.2 Å². The Bertz CT molecular complexity index is 1980. The van der Waals surface area contributed by atoms with Crippen molar-refractivity contribution in [2.75, 3.05) is 0 Å². The van der Waals surface area contributed by atoms with E-state index in [9.17, 15) is 35.1 Å². The molecular formula is C35H30F8IrN9. The van der Waals surface area contributed by atoms with E-state index in [2.05, 4.69) is 51.4 Å². The molecule has 0 aliphatic rings. The number of benzene rings is 1. The van der Waals surface area contributed by atoms with Crippen molar-refractivity contribution in [2.45, 2.75) is 64.7 Å². The molecule has 0 fully saturated rings. The summed E-state index contributed by atoms with van der Waals surface area (Å²) in [7, 11) is 0. The average molecular weight is 921 g/mol. The fraction of sp³-hybridized carbons (Fsp3) is 0.286. The molecule has 5 heterocycles. The van der Waals surface area contributed by atoms with Crippen LogP contribution < -0.4 is 10.2 Å². The van der Waals surface area contributed by atoms with Crippen LogP contribution in [0, 0.1) is 17.7 Å². The number of hydrogen-bond acceptors (Lipinski definition) is 7. The van der Waals surface area contributed by atoms with Gasteiger partial charge in [0.1, 0.15) is 11.6 Å². The van der Waals surface area contributed by atoms with Gasteiger partial charge in [0.2, 0.25) is 0 Å². The zero-order valence-electron chi connectivity index (χ0n) is 28.8. The van der Waals surface area contributed by atoms with Crippen molar-refractivity contribution in [3.8, 4) is 34.3 Å². The number of rotatable bonds is 3. The van der Waals surface area contributed by atoms with Crippen LogP contribution in [0.1, 0.15) is 64.3 Å². The minimum Gasteiger partial charge on any atom is -0.413 e. The molecule has 0 spiro atoms. The molecule has 280 valence electrons. The maximum atomic E-state index is 13.2. The van der Waals surface area contributed by atoms with Crippen LogP contribution >= 0.6 is 0 Å². The smallest absolute Gasteiger partial charge is 0.413 e. The third-order valence-corrected chi connectivity index (χ3v) is 6.90. The van der Waals surface area contributed by atoms with Gasteiger partial charge < -0.3 is 25.1 Å². The summed E-state index contributed by atoms with van der Waals surface area (Å²) in [5.74, 6) is -4.00. The van der Waals surface area contributed by atoms with Crippen molar-refractivity contribution in [1.82, 2.24) is 45.3 Å². The topological polar surface area (TPSA) is 118 Å². The second kappa shape index (κ2) is 16.8. The maximum absolute atomic E-state index is 13.2. The van der Waals surface area contributed by atoms with E-state index in [1.54, 1.807) is 36.5 Å². The number of hydrogen-bond donors (Lipinski definition) is 0. The number of nitrogens with zero attached hydrogens (tertiary/aromatic N) is 9.